The number of hydrogen-bond donors (Lipinski definition) is 0. The fourth-order valence-electron chi connectivity index (χ4n) is 3.73. The molecule has 1 fully saturated rings. The molecule has 0 N–H and O–H groups in total. The quantitative estimate of drug-likeness (QED) is 0.691. The van der Waals surface area contributed by atoms with Crippen LogP contribution in [0.5, 0.6) is 0 Å². The molecule has 1 aliphatic heterocycles. The lowest BCUT2D eigenvalue weighted by molar-refractivity contribution is 0.307. The van der Waals surface area contributed by atoms with Gasteiger partial charge in [-0.1, -0.05) is 54.5 Å². The molecule has 0 amide bonds. The van der Waals surface area contributed by atoms with Gasteiger partial charge in [0, 0.05) is 18.7 Å². The molecule has 0 radical (unpaired) electrons. The Bertz CT molecular complexity index is 818. The molecule has 0 spiro atoms. The fourth-order valence-corrected chi connectivity index (χ4v) is 4.37. The first kappa shape index (κ1) is 15.8. The first-order valence-corrected chi connectivity index (χ1v) is 9.73. The van der Waals surface area contributed by atoms with Gasteiger partial charge < -0.3 is 0 Å². The number of rotatable bonds is 5. The van der Waals surface area contributed by atoms with Crippen molar-refractivity contribution in [1.29, 1.82) is 0 Å². The Morgan fingerprint density at radius 1 is 1.25 bits per heavy atom. The summed E-state index contributed by atoms with van der Waals surface area (Å²) < 4.78 is 2.03. The Hall–Kier alpha value is -1.72. The van der Waals surface area contributed by atoms with Gasteiger partial charge in [-0.15, -0.1) is 0 Å². The topological polar surface area (TPSA) is 33.4 Å². The highest BCUT2D eigenvalue weighted by atomic mass is 32.1. The highest BCUT2D eigenvalue weighted by Crippen LogP contribution is 2.29. The first-order valence-electron chi connectivity index (χ1n) is 8.85. The lowest BCUT2D eigenvalue weighted by atomic mass is 10.0. The van der Waals surface area contributed by atoms with Gasteiger partial charge in [-0.25, -0.2) is 9.50 Å². The molecule has 1 atom stereocenters. The molecule has 3 heterocycles. The van der Waals surface area contributed by atoms with Crippen molar-refractivity contribution in [3.05, 3.63) is 41.0 Å². The molecule has 0 saturated carbocycles. The molecule has 2 aromatic heterocycles. The van der Waals surface area contributed by atoms with Gasteiger partial charge in [-0.2, -0.15) is 5.10 Å². The second kappa shape index (κ2) is 6.65. The maximum Gasteiger partial charge on any atom is 0.212 e. The zero-order valence-electron chi connectivity index (χ0n) is 14.4. The van der Waals surface area contributed by atoms with Crippen LogP contribution in [-0.4, -0.2) is 32.6 Å². The van der Waals surface area contributed by atoms with Crippen LogP contribution in [0.2, 0.25) is 0 Å². The number of aromatic nitrogens is 3. The Morgan fingerprint density at radius 3 is 2.88 bits per heavy atom. The van der Waals surface area contributed by atoms with Crippen LogP contribution in [0.4, 0.5) is 0 Å². The van der Waals surface area contributed by atoms with Crippen molar-refractivity contribution < 1.29 is 0 Å². The molecule has 3 aromatic rings. The van der Waals surface area contributed by atoms with Crippen LogP contribution in [0.25, 0.3) is 16.2 Å². The van der Waals surface area contributed by atoms with Crippen LogP contribution in [0.15, 0.2) is 29.8 Å². The maximum atomic E-state index is 4.86. The van der Waals surface area contributed by atoms with Gasteiger partial charge in [0.15, 0.2) is 0 Å². The molecule has 1 aromatic carbocycles. The van der Waals surface area contributed by atoms with Gasteiger partial charge in [-0.05, 0) is 32.2 Å². The molecule has 4 nitrogen and oxygen atoms in total. The number of nitrogens with zero attached hydrogens (tertiary/aromatic N) is 4. The third kappa shape index (κ3) is 2.98. The van der Waals surface area contributed by atoms with Crippen LogP contribution in [0.1, 0.15) is 37.4 Å². The van der Waals surface area contributed by atoms with Crippen molar-refractivity contribution in [2.75, 3.05) is 13.1 Å². The van der Waals surface area contributed by atoms with Crippen molar-refractivity contribution in [2.24, 2.45) is 5.92 Å². The summed E-state index contributed by atoms with van der Waals surface area (Å²) in [6.45, 7) is 7.74. The minimum absolute atomic E-state index is 0.858. The van der Waals surface area contributed by atoms with Crippen molar-refractivity contribution in [3.63, 3.8) is 0 Å². The molecular weight excluding hydrogens is 316 g/mol. The average Bonchev–Trinajstić information content (AvgIpc) is 3.27. The number of imidazole rings is 1. The van der Waals surface area contributed by atoms with E-state index in [0.717, 1.165) is 23.1 Å². The number of benzene rings is 1. The van der Waals surface area contributed by atoms with E-state index in [9.17, 15) is 0 Å². The fraction of sp³-hybridized carbons (Fsp3) is 0.474. The van der Waals surface area contributed by atoms with Crippen LogP contribution < -0.4 is 0 Å². The predicted octanol–water partition coefficient (Wildman–Crippen LogP) is 4.39. The smallest absolute Gasteiger partial charge is 0.212 e. The molecule has 24 heavy (non-hydrogen) atoms. The number of fused-ring (bicyclic) bond motifs is 1. The highest BCUT2D eigenvalue weighted by Gasteiger charge is 2.25. The Labute approximate surface area is 147 Å². The van der Waals surface area contributed by atoms with E-state index in [1.807, 2.05) is 10.0 Å². The zero-order chi connectivity index (χ0) is 16.5. The van der Waals surface area contributed by atoms with Crippen molar-refractivity contribution in [2.45, 2.75) is 39.7 Å². The molecule has 1 saturated heterocycles. The Balaban J connectivity index is 1.65. The Kier molecular flexibility index (Phi) is 4.37. The molecule has 1 unspecified atom stereocenters. The van der Waals surface area contributed by atoms with Gasteiger partial charge in [0.05, 0.1) is 11.4 Å². The van der Waals surface area contributed by atoms with Crippen molar-refractivity contribution >= 4 is 16.3 Å². The van der Waals surface area contributed by atoms with E-state index in [2.05, 4.69) is 48.1 Å². The number of likely N-dealkylation sites (tertiary alicyclic amines) is 1. The van der Waals surface area contributed by atoms with Crippen molar-refractivity contribution in [1.82, 2.24) is 19.5 Å². The van der Waals surface area contributed by atoms with E-state index < -0.39 is 0 Å². The summed E-state index contributed by atoms with van der Waals surface area (Å²) in [5.41, 5.74) is 6.67. The van der Waals surface area contributed by atoms with Gasteiger partial charge in [0.2, 0.25) is 4.96 Å². The minimum Gasteiger partial charge on any atom is -0.297 e. The minimum atomic E-state index is 0.858. The number of hydrogen-bond acceptors (Lipinski definition) is 4. The lowest BCUT2D eigenvalue weighted by Crippen LogP contribution is -2.21. The van der Waals surface area contributed by atoms with E-state index in [0.29, 0.717) is 0 Å². The van der Waals surface area contributed by atoms with Gasteiger partial charge in [0.1, 0.15) is 5.51 Å². The average molecular weight is 340 g/mol. The summed E-state index contributed by atoms with van der Waals surface area (Å²) in [6.07, 6.45) is 3.96. The summed E-state index contributed by atoms with van der Waals surface area (Å²) in [5, 5.41) is 4.53. The van der Waals surface area contributed by atoms with Crippen LogP contribution in [0.3, 0.4) is 0 Å². The summed E-state index contributed by atoms with van der Waals surface area (Å²) in [6, 6.07) is 8.67. The van der Waals surface area contributed by atoms with E-state index in [1.165, 1.54) is 49.2 Å². The van der Waals surface area contributed by atoms with Gasteiger partial charge in [-0.3, -0.25) is 4.90 Å². The van der Waals surface area contributed by atoms with E-state index in [1.54, 1.807) is 11.3 Å². The van der Waals surface area contributed by atoms with Crippen LogP contribution in [0, 0.1) is 12.8 Å². The summed E-state index contributed by atoms with van der Waals surface area (Å²) >= 11 is 1.61. The predicted molar refractivity (Wildman–Crippen MR) is 99.3 cm³/mol. The molecule has 126 valence electrons. The molecule has 4 rings (SSSR count). The standard InChI is InChI=1S/C19H24N4S/c1-3-4-15-9-10-22(11-15)12-17-18(16-7-5-14(2)6-8-16)21-19-23(17)20-13-24-19/h5-8,13,15H,3-4,9-12H2,1-2H3. The number of aryl methyl sites for hydroxylation is 1. The van der Waals surface area contributed by atoms with E-state index in [4.69, 9.17) is 4.98 Å². The molecule has 1 aliphatic rings. The van der Waals surface area contributed by atoms with Gasteiger partial charge in [0.25, 0.3) is 0 Å². The van der Waals surface area contributed by atoms with Crippen LogP contribution >= 0.6 is 11.3 Å². The van der Waals surface area contributed by atoms with E-state index in [-0.39, 0.29) is 0 Å². The van der Waals surface area contributed by atoms with Crippen molar-refractivity contribution in [3.8, 4) is 11.3 Å². The first-order chi connectivity index (χ1) is 11.7. The summed E-state index contributed by atoms with van der Waals surface area (Å²) in [7, 11) is 0. The van der Waals surface area contributed by atoms with Gasteiger partial charge >= 0.3 is 0 Å². The largest absolute Gasteiger partial charge is 0.297 e. The summed E-state index contributed by atoms with van der Waals surface area (Å²) in [4.78, 5) is 8.42. The zero-order valence-corrected chi connectivity index (χ0v) is 15.2. The molecular formula is C19H24N4S. The van der Waals surface area contributed by atoms with Crippen LogP contribution in [-0.2, 0) is 6.54 Å². The lowest BCUT2D eigenvalue weighted by Gasteiger charge is -2.16. The highest BCUT2D eigenvalue weighted by molar-refractivity contribution is 7.14. The van der Waals surface area contributed by atoms with E-state index >= 15 is 0 Å². The molecule has 0 bridgehead atoms. The second-order valence-corrected chi connectivity index (χ2v) is 7.70. The Morgan fingerprint density at radius 2 is 2.08 bits per heavy atom. The third-order valence-corrected chi connectivity index (χ3v) is 5.68. The SMILES string of the molecule is CCCC1CCN(Cc2c(-c3ccc(C)cc3)nc3scnn23)C1. The third-order valence-electron chi connectivity index (χ3n) is 5.00. The monoisotopic (exact) mass is 340 g/mol. The molecule has 5 heteroatoms. The summed E-state index contributed by atoms with van der Waals surface area (Å²) in [5.74, 6) is 0.858. The molecule has 0 aliphatic carbocycles. The maximum absolute atomic E-state index is 4.86. The normalized spacial score (nSPS) is 18.7. The second-order valence-electron chi connectivity index (χ2n) is 6.88.